The van der Waals surface area contributed by atoms with Gasteiger partial charge in [0.25, 0.3) is 5.89 Å². The predicted molar refractivity (Wildman–Crippen MR) is 77.6 cm³/mol. The molecule has 1 heterocycles. The van der Waals surface area contributed by atoms with Crippen molar-refractivity contribution in [3.8, 4) is 22.8 Å². The fourth-order valence-electron chi connectivity index (χ4n) is 1.86. The smallest absolute Gasteiger partial charge is 0.258 e. The van der Waals surface area contributed by atoms with Gasteiger partial charge >= 0.3 is 0 Å². The first-order chi connectivity index (χ1) is 9.22. The molecule has 0 bridgehead atoms. The molecule has 94 valence electrons. The van der Waals surface area contributed by atoms with E-state index in [4.69, 9.17) is 4.52 Å². The molecule has 0 spiro atoms. The molecule has 1 aromatic heterocycles. The van der Waals surface area contributed by atoms with Crippen LogP contribution in [0.5, 0.6) is 0 Å². The molecule has 0 atom stereocenters. The van der Waals surface area contributed by atoms with Gasteiger partial charge in [0.1, 0.15) is 0 Å². The normalized spacial score (nSPS) is 10.6. The minimum Gasteiger partial charge on any atom is -0.334 e. The van der Waals surface area contributed by atoms with Crippen molar-refractivity contribution in [2.45, 2.75) is 6.92 Å². The fraction of sp³-hybridized carbons (Fsp3) is 0.0667. The first-order valence-electron chi connectivity index (χ1n) is 5.89. The van der Waals surface area contributed by atoms with Crippen LogP contribution in [0.4, 0.5) is 0 Å². The standard InChI is InChI=1S/C15H11BrN2O/c1-10-4-2-5-11(8-10)14-17-15(19-18-14)12-6-3-7-13(16)9-12/h2-9H,1H3. The Labute approximate surface area is 119 Å². The number of nitrogens with zero attached hydrogens (tertiary/aromatic N) is 2. The van der Waals surface area contributed by atoms with Gasteiger partial charge in [-0.3, -0.25) is 0 Å². The lowest BCUT2D eigenvalue weighted by Gasteiger charge is -1.96. The van der Waals surface area contributed by atoms with E-state index in [-0.39, 0.29) is 0 Å². The molecular formula is C15H11BrN2O. The van der Waals surface area contributed by atoms with Gasteiger partial charge < -0.3 is 4.52 Å². The Hall–Kier alpha value is -1.94. The summed E-state index contributed by atoms with van der Waals surface area (Å²) in [4.78, 5) is 4.43. The molecule has 0 aliphatic heterocycles. The molecule has 3 rings (SSSR count). The molecule has 3 nitrogen and oxygen atoms in total. The number of hydrogen-bond donors (Lipinski definition) is 0. The van der Waals surface area contributed by atoms with Crippen LogP contribution in [0.3, 0.4) is 0 Å². The maximum Gasteiger partial charge on any atom is 0.258 e. The molecule has 0 aliphatic rings. The van der Waals surface area contributed by atoms with Crippen molar-refractivity contribution in [3.05, 3.63) is 58.6 Å². The van der Waals surface area contributed by atoms with Gasteiger partial charge in [-0.25, -0.2) is 0 Å². The summed E-state index contributed by atoms with van der Waals surface area (Å²) in [6.45, 7) is 2.04. The van der Waals surface area contributed by atoms with Gasteiger partial charge in [0.05, 0.1) is 0 Å². The lowest BCUT2D eigenvalue weighted by atomic mass is 10.1. The summed E-state index contributed by atoms with van der Waals surface area (Å²) >= 11 is 3.43. The van der Waals surface area contributed by atoms with Crippen LogP contribution in [0.25, 0.3) is 22.8 Å². The number of halogens is 1. The quantitative estimate of drug-likeness (QED) is 0.700. The SMILES string of the molecule is Cc1cccc(-c2noc(-c3cccc(Br)c3)n2)c1. The van der Waals surface area contributed by atoms with Crippen LogP contribution in [-0.2, 0) is 0 Å². The lowest BCUT2D eigenvalue weighted by molar-refractivity contribution is 0.432. The molecule has 3 aromatic rings. The van der Waals surface area contributed by atoms with Crippen LogP contribution in [0.15, 0.2) is 57.5 Å². The molecule has 0 fully saturated rings. The molecule has 4 heteroatoms. The summed E-state index contributed by atoms with van der Waals surface area (Å²) in [6, 6.07) is 15.8. The zero-order valence-electron chi connectivity index (χ0n) is 10.3. The highest BCUT2D eigenvalue weighted by Crippen LogP contribution is 2.24. The molecule has 0 radical (unpaired) electrons. The monoisotopic (exact) mass is 314 g/mol. The highest BCUT2D eigenvalue weighted by Gasteiger charge is 2.10. The summed E-state index contributed by atoms with van der Waals surface area (Å²) in [5, 5.41) is 4.03. The van der Waals surface area contributed by atoms with Crippen LogP contribution in [0.1, 0.15) is 5.56 Å². The minimum absolute atomic E-state index is 0.526. The summed E-state index contributed by atoms with van der Waals surface area (Å²) in [7, 11) is 0. The maximum atomic E-state index is 5.32. The maximum absolute atomic E-state index is 5.32. The molecule has 0 N–H and O–H groups in total. The zero-order valence-corrected chi connectivity index (χ0v) is 11.9. The van der Waals surface area contributed by atoms with Crippen LogP contribution < -0.4 is 0 Å². The third-order valence-electron chi connectivity index (χ3n) is 2.77. The fourth-order valence-corrected chi connectivity index (χ4v) is 2.26. The lowest BCUT2D eigenvalue weighted by Crippen LogP contribution is -1.82. The van der Waals surface area contributed by atoms with Gasteiger partial charge in [-0.2, -0.15) is 4.98 Å². The molecule has 0 saturated heterocycles. The zero-order chi connectivity index (χ0) is 13.2. The van der Waals surface area contributed by atoms with E-state index in [1.165, 1.54) is 5.56 Å². The Bertz CT molecular complexity index is 661. The Morgan fingerprint density at radius 2 is 1.79 bits per heavy atom. The average molecular weight is 315 g/mol. The van der Waals surface area contributed by atoms with E-state index in [0.717, 1.165) is 15.6 Å². The van der Waals surface area contributed by atoms with E-state index in [9.17, 15) is 0 Å². The third kappa shape index (κ3) is 2.58. The molecule has 0 unspecified atom stereocenters. The highest BCUT2D eigenvalue weighted by atomic mass is 79.9. The van der Waals surface area contributed by atoms with Gasteiger partial charge in [0, 0.05) is 15.6 Å². The van der Waals surface area contributed by atoms with E-state index in [1.54, 1.807) is 0 Å². The molecule has 0 amide bonds. The molecule has 0 saturated carbocycles. The average Bonchev–Trinajstić information content (AvgIpc) is 2.88. The Balaban J connectivity index is 2.00. The van der Waals surface area contributed by atoms with Gasteiger partial charge in [-0.05, 0) is 31.2 Å². The Morgan fingerprint density at radius 1 is 1.00 bits per heavy atom. The predicted octanol–water partition coefficient (Wildman–Crippen LogP) is 4.47. The number of aromatic nitrogens is 2. The third-order valence-corrected chi connectivity index (χ3v) is 3.27. The van der Waals surface area contributed by atoms with Crippen molar-refractivity contribution in [2.75, 3.05) is 0 Å². The largest absolute Gasteiger partial charge is 0.334 e. The Morgan fingerprint density at radius 3 is 2.58 bits per heavy atom. The van der Waals surface area contributed by atoms with E-state index in [1.807, 2.05) is 55.5 Å². The van der Waals surface area contributed by atoms with E-state index < -0.39 is 0 Å². The number of rotatable bonds is 2. The molecule has 19 heavy (non-hydrogen) atoms. The van der Waals surface area contributed by atoms with Crippen molar-refractivity contribution in [2.24, 2.45) is 0 Å². The second kappa shape index (κ2) is 4.97. The van der Waals surface area contributed by atoms with E-state index in [2.05, 4.69) is 26.1 Å². The number of benzene rings is 2. The van der Waals surface area contributed by atoms with Crippen molar-refractivity contribution >= 4 is 15.9 Å². The van der Waals surface area contributed by atoms with E-state index >= 15 is 0 Å². The summed E-state index contributed by atoms with van der Waals surface area (Å²) < 4.78 is 6.30. The van der Waals surface area contributed by atoms with Gasteiger partial charge in [0.15, 0.2) is 0 Å². The van der Waals surface area contributed by atoms with Crippen LogP contribution in [0.2, 0.25) is 0 Å². The molecule has 2 aromatic carbocycles. The summed E-state index contributed by atoms with van der Waals surface area (Å²) in [5.41, 5.74) is 3.04. The van der Waals surface area contributed by atoms with Gasteiger partial charge in [0.2, 0.25) is 5.82 Å². The van der Waals surface area contributed by atoms with Crippen LogP contribution >= 0.6 is 15.9 Å². The van der Waals surface area contributed by atoms with Crippen molar-refractivity contribution < 1.29 is 4.52 Å². The topological polar surface area (TPSA) is 38.9 Å². The summed E-state index contributed by atoms with van der Waals surface area (Å²) in [5.74, 6) is 1.14. The van der Waals surface area contributed by atoms with Gasteiger partial charge in [-0.1, -0.05) is 50.9 Å². The number of aryl methyl sites for hydroxylation is 1. The van der Waals surface area contributed by atoms with Crippen LogP contribution in [0, 0.1) is 6.92 Å². The van der Waals surface area contributed by atoms with E-state index in [0.29, 0.717) is 11.7 Å². The minimum atomic E-state index is 0.526. The second-order valence-corrected chi connectivity index (χ2v) is 5.22. The summed E-state index contributed by atoms with van der Waals surface area (Å²) in [6.07, 6.45) is 0. The molecular weight excluding hydrogens is 304 g/mol. The van der Waals surface area contributed by atoms with Crippen molar-refractivity contribution in [1.29, 1.82) is 0 Å². The van der Waals surface area contributed by atoms with Crippen molar-refractivity contribution in [3.63, 3.8) is 0 Å². The molecule has 0 aliphatic carbocycles. The highest BCUT2D eigenvalue weighted by molar-refractivity contribution is 9.10. The van der Waals surface area contributed by atoms with Crippen molar-refractivity contribution in [1.82, 2.24) is 10.1 Å². The first kappa shape index (κ1) is 12.1. The Kier molecular flexibility index (Phi) is 3.17. The first-order valence-corrected chi connectivity index (χ1v) is 6.68. The second-order valence-electron chi connectivity index (χ2n) is 4.30. The van der Waals surface area contributed by atoms with Crippen LogP contribution in [-0.4, -0.2) is 10.1 Å². The van der Waals surface area contributed by atoms with Gasteiger partial charge in [-0.15, -0.1) is 0 Å². The number of hydrogen-bond acceptors (Lipinski definition) is 3.